The van der Waals surface area contributed by atoms with Crippen LogP contribution < -0.4 is 9.47 Å². The van der Waals surface area contributed by atoms with Crippen molar-refractivity contribution < 1.29 is 14.2 Å². The SMILES string of the molecule is C#CCN1CCOC(Cc2ccccc2Oc2ccccc2OC)C1. The minimum Gasteiger partial charge on any atom is -0.493 e. The van der Waals surface area contributed by atoms with Crippen molar-refractivity contribution in [3.05, 3.63) is 54.1 Å². The first kappa shape index (κ1) is 17.3. The van der Waals surface area contributed by atoms with Crippen LogP contribution in [0.4, 0.5) is 0 Å². The summed E-state index contributed by atoms with van der Waals surface area (Å²) in [7, 11) is 1.64. The van der Waals surface area contributed by atoms with Gasteiger partial charge in [-0.25, -0.2) is 0 Å². The second-order valence-electron chi connectivity index (χ2n) is 6.00. The monoisotopic (exact) mass is 337 g/mol. The van der Waals surface area contributed by atoms with Gasteiger partial charge in [0, 0.05) is 19.5 Å². The molecule has 3 rings (SSSR count). The summed E-state index contributed by atoms with van der Waals surface area (Å²) in [6.07, 6.45) is 6.33. The summed E-state index contributed by atoms with van der Waals surface area (Å²) >= 11 is 0. The maximum Gasteiger partial charge on any atom is 0.169 e. The molecular weight excluding hydrogens is 314 g/mol. The molecule has 130 valence electrons. The normalized spacial score (nSPS) is 17.7. The zero-order valence-electron chi connectivity index (χ0n) is 14.5. The van der Waals surface area contributed by atoms with Crippen molar-refractivity contribution in [1.29, 1.82) is 0 Å². The maximum atomic E-state index is 6.12. The van der Waals surface area contributed by atoms with Gasteiger partial charge in [0.25, 0.3) is 0 Å². The molecule has 1 aliphatic heterocycles. The predicted octanol–water partition coefficient (Wildman–Crippen LogP) is 3.36. The fourth-order valence-corrected chi connectivity index (χ4v) is 3.02. The van der Waals surface area contributed by atoms with Gasteiger partial charge in [0.15, 0.2) is 11.5 Å². The van der Waals surface area contributed by atoms with Gasteiger partial charge in [0.2, 0.25) is 0 Å². The number of rotatable bonds is 6. The van der Waals surface area contributed by atoms with Crippen LogP contribution in [0, 0.1) is 12.3 Å². The molecule has 2 aromatic carbocycles. The molecule has 0 saturated carbocycles. The van der Waals surface area contributed by atoms with E-state index in [1.807, 2.05) is 42.5 Å². The minimum atomic E-state index is 0.115. The van der Waals surface area contributed by atoms with E-state index in [0.29, 0.717) is 24.7 Å². The minimum absolute atomic E-state index is 0.115. The Morgan fingerprint density at radius 2 is 1.84 bits per heavy atom. The summed E-state index contributed by atoms with van der Waals surface area (Å²) in [5.74, 6) is 4.95. The standard InChI is InChI=1S/C21H23NO3/c1-3-12-22-13-14-24-18(16-22)15-17-8-4-5-9-19(17)25-21-11-7-6-10-20(21)23-2/h1,4-11,18H,12-16H2,2H3. The van der Waals surface area contributed by atoms with Crippen LogP contribution in [-0.4, -0.2) is 44.4 Å². The highest BCUT2D eigenvalue weighted by atomic mass is 16.5. The number of morpholine rings is 1. The number of ether oxygens (including phenoxy) is 3. The average Bonchev–Trinajstić information content (AvgIpc) is 2.64. The number of methoxy groups -OCH3 is 1. The van der Waals surface area contributed by atoms with Crippen molar-refractivity contribution in [1.82, 2.24) is 4.90 Å². The lowest BCUT2D eigenvalue weighted by atomic mass is 10.1. The van der Waals surface area contributed by atoms with Crippen LogP contribution in [0.5, 0.6) is 17.2 Å². The van der Waals surface area contributed by atoms with Gasteiger partial charge in [0.05, 0.1) is 26.4 Å². The van der Waals surface area contributed by atoms with E-state index in [1.54, 1.807) is 7.11 Å². The number of benzene rings is 2. The highest BCUT2D eigenvalue weighted by Gasteiger charge is 2.21. The molecular formula is C21H23NO3. The molecule has 25 heavy (non-hydrogen) atoms. The molecule has 1 unspecified atom stereocenters. The first-order valence-corrected chi connectivity index (χ1v) is 8.46. The molecule has 0 radical (unpaired) electrons. The van der Waals surface area contributed by atoms with E-state index in [9.17, 15) is 0 Å². The average molecular weight is 337 g/mol. The Kier molecular flexibility index (Phi) is 5.95. The van der Waals surface area contributed by atoms with Gasteiger partial charge in [-0.3, -0.25) is 4.90 Å². The van der Waals surface area contributed by atoms with Crippen LogP contribution in [-0.2, 0) is 11.2 Å². The van der Waals surface area contributed by atoms with Gasteiger partial charge in [-0.05, 0) is 23.8 Å². The zero-order valence-corrected chi connectivity index (χ0v) is 14.5. The van der Waals surface area contributed by atoms with Crippen LogP contribution in [0.3, 0.4) is 0 Å². The van der Waals surface area contributed by atoms with Gasteiger partial charge in [-0.1, -0.05) is 36.3 Å². The number of terminal acetylenes is 1. The summed E-state index contributed by atoms with van der Waals surface area (Å²) in [6.45, 7) is 3.11. The lowest BCUT2D eigenvalue weighted by Crippen LogP contribution is -2.43. The number of hydrogen-bond acceptors (Lipinski definition) is 4. The highest BCUT2D eigenvalue weighted by Crippen LogP contribution is 2.33. The highest BCUT2D eigenvalue weighted by molar-refractivity contribution is 5.45. The van der Waals surface area contributed by atoms with Crippen LogP contribution in [0.15, 0.2) is 48.5 Å². The molecule has 0 aliphatic carbocycles. The molecule has 1 aliphatic rings. The molecule has 0 aromatic heterocycles. The summed E-state index contributed by atoms with van der Waals surface area (Å²) in [5.41, 5.74) is 1.11. The Hall–Kier alpha value is -2.48. The Labute approximate surface area is 149 Å². The van der Waals surface area contributed by atoms with Crippen molar-refractivity contribution in [3.63, 3.8) is 0 Å². The molecule has 0 N–H and O–H groups in total. The molecule has 1 fully saturated rings. The van der Waals surface area contributed by atoms with E-state index >= 15 is 0 Å². The van der Waals surface area contributed by atoms with E-state index in [-0.39, 0.29) is 6.10 Å². The van der Waals surface area contributed by atoms with E-state index in [2.05, 4.69) is 16.9 Å². The smallest absolute Gasteiger partial charge is 0.169 e. The van der Waals surface area contributed by atoms with E-state index in [0.717, 1.165) is 30.8 Å². The van der Waals surface area contributed by atoms with E-state index < -0.39 is 0 Å². The predicted molar refractivity (Wildman–Crippen MR) is 98.2 cm³/mol. The quantitative estimate of drug-likeness (QED) is 0.756. The van der Waals surface area contributed by atoms with Crippen LogP contribution in [0.25, 0.3) is 0 Å². The number of hydrogen-bond donors (Lipinski definition) is 0. The van der Waals surface area contributed by atoms with E-state index in [1.165, 1.54) is 0 Å². The second-order valence-corrected chi connectivity index (χ2v) is 6.00. The van der Waals surface area contributed by atoms with Crippen molar-refractivity contribution in [2.45, 2.75) is 12.5 Å². The summed E-state index contributed by atoms with van der Waals surface area (Å²) in [4.78, 5) is 2.25. The summed E-state index contributed by atoms with van der Waals surface area (Å²) < 4.78 is 17.4. The number of para-hydroxylation sites is 3. The molecule has 2 aromatic rings. The fourth-order valence-electron chi connectivity index (χ4n) is 3.02. The van der Waals surface area contributed by atoms with Gasteiger partial charge < -0.3 is 14.2 Å². The molecule has 0 amide bonds. The van der Waals surface area contributed by atoms with Crippen molar-refractivity contribution in [3.8, 4) is 29.6 Å². The number of nitrogens with zero attached hydrogens (tertiary/aromatic N) is 1. The lowest BCUT2D eigenvalue weighted by Gasteiger charge is -2.32. The van der Waals surface area contributed by atoms with Gasteiger partial charge in [0.1, 0.15) is 5.75 Å². The topological polar surface area (TPSA) is 30.9 Å². The van der Waals surface area contributed by atoms with Gasteiger partial charge >= 0.3 is 0 Å². The first-order valence-electron chi connectivity index (χ1n) is 8.46. The van der Waals surface area contributed by atoms with Gasteiger partial charge in [-0.15, -0.1) is 6.42 Å². The van der Waals surface area contributed by atoms with Gasteiger partial charge in [-0.2, -0.15) is 0 Å². The molecule has 4 nitrogen and oxygen atoms in total. The molecule has 0 bridgehead atoms. The van der Waals surface area contributed by atoms with Crippen molar-refractivity contribution >= 4 is 0 Å². The Morgan fingerprint density at radius 3 is 2.60 bits per heavy atom. The van der Waals surface area contributed by atoms with E-state index in [4.69, 9.17) is 20.6 Å². The van der Waals surface area contributed by atoms with Crippen LogP contribution in [0.1, 0.15) is 5.56 Å². The largest absolute Gasteiger partial charge is 0.493 e. The Balaban J connectivity index is 1.74. The molecule has 4 heteroatoms. The third-order valence-corrected chi connectivity index (χ3v) is 4.25. The molecule has 0 spiro atoms. The summed E-state index contributed by atoms with van der Waals surface area (Å²) in [6, 6.07) is 15.7. The summed E-state index contributed by atoms with van der Waals surface area (Å²) in [5, 5.41) is 0. The third kappa shape index (κ3) is 4.54. The molecule has 1 saturated heterocycles. The third-order valence-electron chi connectivity index (χ3n) is 4.25. The molecule has 1 atom stereocenters. The first-order chi connectivity index (χ1) is 12.3. The van der Waals surface area contributed by atoms with Crippen molar-refractivity contribution in [2.24, 2.45) is 0 Å². The Bertz CT molecular complexity index is 738. The second kappa shape index (κ2) is 8.57. The molecule has 1 heterocycles. The van der Waals surface area contributed by atoms with Crippen molar-refractivity contribution in [2.75, 3.05) is 33.4 Å². The van der Waals surface area contributed by atoms with Crippen LogP contribution >= 0.6 is 0 Å². The zero-order chi connectivity index (χ0) is 17.5. The lowest BCUT2D eigenvalue weighted by molar-refractivity contribution is -0.0231. The van der Waals surface area contributed by atoms with Crippen LogP contribution in [0.2, 0.25) is 0 Å². The fraction of sp³-hybridized carbons (Fsp3) is 0.333. The maximum absolute atomic E-state index is 6.12. The Morgan fingerprint density at radius 1 is 1.12 bits per heavy atom.